The predicted octanol–water partition coefficient (Wildman–Crippen LogP) is 0.581. The molecule has 0 unspecified atom stereocenters. The van der Waals surface area contributed by atoms with Crippen LogP contribution in [0.2, 0.25) is 0 Å². The normalized spacial score (nSPS) is 22.1. The van der Waals surface area contributed by atoms with Gasteiger partial charge in [0.2, 0.25) is 6.41 Å². The molecule has 4 N–H and O–H groups in total. The van der Waals surface area contributed by atoms with Crippen LogP contribution < -0.4 is 10.6 Å². The van der Waals surface area contributed by atoms with Gasteiger partial charge in [0.05, 0.1) is 24.8 Å². The highest BCUT2D eigenvalue weighted by Gasteiger charge is 2.47. The van der Waals surface area contributed by atoms with Crippen molar-refractivity contribution < 1.29 is 19.4 Å². The Hall–Kier alpha value is -4.07. The Kier molecular flexibility index (Phi) is 6.26. The summed E-state index contributed by atoms with van der Waals surface area (Å²) in [7, 11) is 1.65. The summed E-state index contributed by atoms with van der Waals surface area (Å²) in [5.41, 5.74) is 2.74. The van der Waals surface area contributed by atoms with Gasteiger partial charge in [-0.3, -0.25) is 24.2 Å². The highest BCUT2D eigenvalue weighted by molar-refractivity contribution is 5.85. The fourth-order valence-electron chi connectivity index (χ4n) is 4.43. The number of imidazole rings is 1. The van der Waals surface area contributed by atoms with Crippen molar-refractivity contribution in [2.45, 2.75) is 38.0 Å². The van der Waals surface area contributed by atoms with E-state index in [0.29, 0.717) is 35.5 Å². The molecule has 5 rings (SSSR count). The number of fused-ring (bicyclic) bond motifs is 1. The number of aliphatic hydroxyl groups excluding tert-OH is 2. The van der Waals surface area contributed by atoms with E-state index in [-0.39, 0.29) is 5.82 Å². The average Bonchev–Trinajstić information content (AvgIpc) is 3.37. The number of halogens is 1. The molecule has 1 aliphatic rings. The standard InChI is InChI=1S/C23H24FN9O3/c1-12-4-3-5-15(29-12)9-26-20-16-21(31-19(30-20)13-6-14(24)8-25-7-13)33(10-27-16)23-18(36)17(35)22(28-11-34)32(23)2/h3-8,10-11,17-18,22-23,35-36H,9H2,1-2H3,(H,28,34)(H,26,30,31)/t17-,18+,22-,23-/m0/s1. The molecule has 0 radical (unpaired) electrons. The number of hydrogen-bond acceptors (Lipinski definition) is 10. The van der Waals surface area contributed by atoms with Gasteiger partial charge in [0, 0.05) is 17.5 Å². The number of anilines is 1. The van der Waals surface area contributed by atoms with Crippen molar-refractivity contribution in [2.75, 3.05) is 12.4 Å². The van der Waals surface area contributed by atoms with Crippen LogP contribution in [0, 0.1) is 12.7 Å². The number of likely N-dealkylation sites (tertiary alicyclic amines) is 1. The van der Waals surface area contributed by atoms with Crippen LogP contribution in [-0.2, 0) is 11.3 Å². The fourth-order valence-corrected chi connectivity index (χ4v) is 4.43. The molecule has 4 atom stereocenters. The molecule has 186 valence electrons. The first kappa shape index (κ1) is 23.7. The molecule has 1 amide bonds. The van der Waals surface area contributed by atoms with Crippen LogP contribution in [0.15, 0.2) is 43.0 Å². The van der Waals surface area contributed by atoms with E-state index in [2.05, 4.69) is 35.6 Å². The Morgan fingerprint density at radius 3 is 2.75 bits per heavy atom. The number of carbonyl (C=O) groups excluding carboxylic acids is 1. The van der Waals surface area contributed by atoms with E-state index in [0.717, 1.165) is 17.6 Å². The molecule has 5 heterocycles. The summed E-state index contributed by atoms with van der Waals surface area (Å²) in [5.74, 6) is 0.0220. The maximum atomic E-state index is 13.9. The summed E-state index contributed by atoms with van der Waals surface area (Å²) in [6.07, 6.45) is 0.337. The summed E-state index contributed by atoms with van der Waals surface area (Å²) < 4.78 is 15.5. The van der Waals surface area contributed by atoms with E-state index in [1.54, 1.807) is 16.5 Å². The van der Waals surface area contributed by atoms with Crippen molar-refractivity contribution in [3.05, 3.63) is 60.2 Å². The molecule has 0 saturated carbocycles. The van der Waals surface area contributed by atoms with Crippen molar-refractivity contribution in [1.82, 2.24) is 39.7 Å². The van der Waals surface area contributed by atoms with Crippen LogP contribution in [0.4, 0.5) is 10.2 Å². The molecule has 4 aromatic heterocycles. The largest absolute Gasteiger partial charge is 0.387 e. The van der Waals surface area contributed by atoms with Crippen LogP contribution in [0.1, 0.15) is 17.6 Å². The van der Waals surface area contributed by atoms with Crippen LogP contribution in [0.5, 0.6) is 0 Å². The number of aliphatic hydroxyl groups is 2. The van der Waals surface area contributed by atoms with Gasteiger partial charge in [0.15, 0.2) is 22.8 Å². The third-order valence-corrected chi connectivity index (χ3v) is 6.13. The molecular weight excluding hydrogens is 469 g/mol. The van der Waals surface area contributed by atoms with Crippen molar-refractivity contribution >= 4 is 23.4 Å². The number of hydrogen-bond donors (Lipinski definition) is 4. The Morgan fingerprint density at radius 1 is 1.17 bits per heavy atom. The maximum Gasteiger partial charge on any atom is 0.208 e. The lowest BCUT2D eigenvalue weighted by molar-refractivity contribution is -0.112. The quantitative estimate of drug-likeness (QED) is 0.269. The first-order valence-electron chi connectivity index (χ1n) is 11.2. The zero-order valence-corrected chi connectivity index (χ0v) is 19.4. The van der Waals surface area contributed by atoms with E-state index >= 15 is 0 Å². The van der Waals surface area contributed by atoms with Gasteiger partial charge in [0.1, 0.15) is 30.4 Å². The molecule has 0 spiro atoms. The summed E-state index contributed by atoms with van der Waals surface area (Å²) in [4.78, 5) is 34.7. The van der Waals surface area contributed by atoms with Gasteiger partial charge >= 0.3 is 0 Å². The molecular formula is C23H24FN9O3. The van der Waals surface area contributed by atoms with Gasteiger partial charge in [-0.2, -0.15) is 0 Å². The van der Waals surface area contributed by atoms with Crippen molar-refractivity contribution in [3.8, 4) is 11.4 Å². The lowest BCUT2D eigenvalue weighted by Crippen LogP contribution is -2.45. The molecule has 13 heteroatoms. The number of aryl methyl sites for hydroxylation is 1. The second kappa shape index (κ2) is 9.53. The number of amides is 1. The molecule has 0 bridgehead atoms. The smallest absolute Gasteiger partial charge is 0.208 e. The molecule has 36 heavy (non-hydrogen) atoms. The van der Waals surface area contributed by atoms with Gasteiger partial charge in [-0.25, -0.2) is 19.3 Å². The van der Waals surface area contributed by atoms with Gasteiger partial charge < -0.3 is 20.8 Å². The second-order valence-electron chi connectivity index (χ2n) is 8.53. The summed E-state index contributed by atoms with van der Waals surface area (Å²) >= 11 is 0. The SMILES string of the molecule is Cc1cccc(CNc2nc(-c3cncc(F)c3)nc3c2ncn3[C@H]2[C@H](O)[C@H](O)[C@@H](NC=O)N2C)n1. The number of aromatic nitrogens is 6. The van der Waals surface area contributed by atoms with Crippen LogP contribution in [0.25, 0.3) is 22.6 Å². The Labute approximate surface area is 204 Å². The minimum atomic E-state index is -1.26. The number of nitrogens with zero attached hydrogens (tertiary/aromatic N) is 7. The monoisotopic (exact) mass is 493 g/mol. The zero-order valence-electron chi connectivity index (χ0n) is 19.4. The van der Waals surface area contributed by atoms with E-state index in [4.69, 9.17) is 0 Å². The molecule has 1 aliphatic heterocycles. The Balaban J connectivity index is 1.61. The summed E-state index contributed by atoms with van der Waals surface area (Å²) in [5, 5.41) is 27.0. The van der Waals surface area contributed by atoms with Crippen LogP contribution in [-0.4, -0.2) is 76.4 Å². The Bertz CT molecular complexity index is 1410. The number of nitrogens with one attached hydrogen (secondary N) is 2. The number of pyridine rings is 2. The van der Waals surface area contributed by atoms with Gasteiger partial charge in [-0.1, -0.05) is 6.07 Å². The third kappa shape index (κ3) is 4.23. The van der Waals surface area contributed by atoms with E-state index in [1.165, 1.54) is 18.6 Å². The maximum absolute atomic E-state index is 13.9. The first-order chi connectivity index (χ1) is 17.4. The fraction of sp³-hybridized carbons (Fsp3) is 0.304. The van der Waals surface area contributed by atoms with E-state index in [9.17, 15) is 19.4 Å². The number of carbonyl (C=O) groups is 1. The van der Waals surface area contributed by atoms with Crippen LogP contribution in [0.3, 0.4) is 0 Å². The minimum Gasteiger partial charge on any atom is -0.387 e. The lowest BCUT2D eigenvalue weighted by atomic mass is 10.2. The van der Waals surface area contributed by atoms with Crippen molar-refractivity contribution in [1.29, 1.82) is 0 Å². The zero-order chi connectivity index (χ0) is 25.4. The van der Waals surface area contributed by atoms with Crippen molar-refractivity contribution in [2.24, 2.45) is 0 Å². The highest BCUT2D eigenvalue weighted by Crippen LogP contribution is 2.34. The minimum absolute atomic E-state index is 0.189. The molecule has 1 saturated heterocycles. The van der Waals surface area contributed by atoms with Crippen molar-refractivity contribution in [3.63, 3.8) is 0 Å². The summed E-state index contributed by atoms with van der Waals surface area (Å²) in [6.45, 7) is 2.24. The number of rotatable bonds is 7. The van der Waals surface area contributed by atoms with Gasteiger partial charge in [-0.15, -0.1) is 0 Å². The molecule has 0 aromatic carbocycles. The third-order valence-electron chi connectivity index (χ3n) is 6.13. The average molecular weight is 494 g/mol. The molecule has 0 aliphatic carbocycles. The van der Waals surface area contributed by atoms with E-state index < -0.39 is 30.4 Å². The topological polar surface area (TPSA) is 154 Å². The molecule has 1 fully saturated rings. The first-order valence-corrected chi connectivity index (χ1v) is 11.2. The number of likely N-dealkylation sites (N-methyl/N-ethyl adjacent to an activating group) is 1. The van der Waals surface area contributed by atoms with Gasteiger partial charge in [-0.05, 0) is 32.2 Å². The second-order valence-corrected chi connectivity index (χ2v) is 8.53. The highest BCUT2D eigenvalue weighted by atomic mass is 19.1. The predicted molar refractivity (Wildman–Crippen MR) is 127 cm³/mol. The van der Waals surface area contributed by atoms with Crippen LogP contribution >= 0.6 is 0 Å². The van der Waals surface area contributed by atoms with E-state index in [1.807, 2.05) is 25.1 Å². The van der Waals surface area contributed by atoms with Gasteiger partial charge in [0.25, 0.3) is 0 Å². The Morgan fingerprint density at radius 2 is 2.00 bits per heavy atom. The lowest BCUT2D eigenvalue weighted by Gasteiger charge is -2.26. The molecule has 12 nitrogen and oxygen atoms in total. The summed E-state index contributed by atoms with van der Waals surface area (Å²) in [6, 6.07) is 6.94. The molecule has 4 aromatic rings.